The van der Waals surface area contributed by atoms with E-state index in [2.05, 4.69) is 10.2 Å². The van der Waals surface area contributed by atoms with Gasteiger partial charge >= 0.3 is 6.09 Å². The minimum absolute atomic E-state index is 0.181. The zero-order valence-electron chi connectivity index (χ0n) is 23.9. The van der Waals surface area contributed by atoms with Crippen LogP contribution in [0.3, 0.4) is 0 Å². The molecule has 1 atom stereocenters. The first-order chi connectivity index (χ1) is 19.1. The van der Waals surface area contributed by atoms with Crippen LogP contribution in [0, 0.1) is 5.92 Å². The summed E-state index contributed by atoms with van der Waals surface area (Å²) in [6, 6.07) is 5.40. The first-order valence-electron chi connectivity index (χ1n) is 14.7. The molecule has 1 aromatic rings. The molecule has 1 aromatic carbocycles. The van der Waals surface area contributed by atoms with E-state index in [1.807, 2.05) is 37.8 Å². The number of likely N-dealkylation sites (tertiary alicyclic amines) is 2. The Morgan fingerprint density at radius 3 is 2.40 bits per heavy atom. The maximum atomic E-state index is 13.0. The van der Waals surface area contributed by atoms with Gasteiger partial charge in [-0.05, 0) is 90.4 Å². The molecule has 4 aliphatic rings. The van der Waals surface area contributed by atoms with E-state index in [1.54, 1.807) is 11.0 Å². The molecule has 10 heteroatoms. The zero-order valence-corrected chi connectivity index (χ0v) is 23.9. The van der Waals surface area contributed by atoms with Gasteiger partial charge < -0.3 is 24.2 Å². The van der Waals surface area contributed by atoms with Gasteiger partial charge in [0, 0.05) is 36.7 Å². The lowest BCUT2D eigenvalue weighted by Crippen LogP contribution is -2.52. The number of benzene rings is 1. The van der Waals surface area contributed by atoms with E-state index in [0.717, 1.165) is 63.8 Å². The number of nitrogens with zero attached hydrogens (tertiary/aromatic N) is 3. The van der Waals surface area contributed by atoms with E-state index in [9.17, 15) is 19.2 Å². The van der Waals surface area contributed by atoms with E-state index in [1.165, 1.54) is 0 Å². The Bertz CT molecular complexity index is 1130. The summed E-state index contributed by atoms with van der Waals surface area (Å²) in [6.07, 6.45) is 5.57. The topological polar surface area (TPSA) is 108 Å². The summed E-state index contributed by atoms with van der Waals surface area (Å²) < 4.78 is 11.7. The molecule has 4 aliphatic heterocycles. The van der Waals surface area contributed by atoms with Gasteiger partial charge in [0.05, 0.1) is 13.2 Å². The molecule has 1 unspecified atom stereocenters. The number of hydrogen-bond donors (Lipinski definition) is 1. The number of amides is 4. The average molecular weight is 555 g/mol. The van der Waals surface area contributed by atoms with Crippen molar-refractivity contribution in [3.63, 3.8) is 0 Å². The number of imide groups is 1. The quantitative estimate of drug-likeness (QED) is 0.538. The molecule has 10 nitrogen and oxygen atoms in total. The Balaban J connectivity index is 1.05. The second-order valence-electron chi connectivity index (χ2n) is 12.5. The Morgan fingerprint density at radius 1 is 1.00 bits per heavy atom. The zero-order chi connectivity index (χ0) is 28.4. The first-order valence-corrected chi connectivity index (χ1v) is 14.7. The lowest BCUT2D eigenvalue weighted by molar-refractivity contribution is -0.136. The largest absolute Gasteiger partial charge is 0.493 e. The maximum absolute atomic E-state index is 13.0. The second-order valence-corrected chi connectivity index (χ2v) is 12.5. The highest BCUT2D eigenvalue weighted by atomic mass is 16.6. The molecule has 40 heavy (non-hydrogen) atoms. The smallest absolute Gasteiger partial charge is 0.410 e. The van der Waals surface area contributed by atoms with Crippen LogP contribution in [0.4, 0.5) is 4.79 Å². The molecule has 218 valence electrons. The molecule has 3 saturated heterocycles. The highest BCUT2D eigenvalue weighted by molar-refractivity contribution is 6.05. The van der Waals surface area contributed by atoms with Gasteiger partial charge in [0.15, 0.2) is 0 Å². The lowest BCUT2D eigenvalue weighted by Gasteiger charge is -2.42. The third-order valence-corrected chi connectivity index (χ3v) is 8.60. The van der Waals surface area contributed by atoms with E-state index >= 15 is 0 Å². The van der Waals surface area contributed by atoms with Gasteiger partial charge in [-0.3, -0.25) is 19.7 Å². The van der Waals surface area contributed by atoms with E-state index < -0.39 is 17.6 Å². The number of carbonyl (C=O) groups is 4. The summed E-state index contributed by atoms with van der Waals surface area (Å²) in [5.41, 5.74) is 0.936. The average Bonchev–Trinajstić information content (AvgIpc) is 3.25. The third kappa shape index (κ3) is 6.43. The van der Waals surface area contributed by atoms with Crippen LogP contribution in [-0.4, -0.2) is 89.0 Å². The van der Waals surface area contributed by atoms with Crippen LogP contribution in [0.5, 0.6) is 5.75 Å². The summed E-state index contributed by atoms with van der Waals surface area (Å²) in [7, 11) is 0. The molecule has 0 radical (unpaired) electrons. The standard InChI is InChI=1S/C30H42N4O6/c1-30(2,3)40-29(38)33-16-11-21(12-17-33)32-14-9-20(10-15-32)13-18-39-25-6-4-5-22-23(25)19-34(28(22)37)24-7-8-26(35)31-27(24)36/h4-6,20-21,24H,7-19H2,1-3H3,(H,31,35,36). The van der Waals surface area contributed by atoms with Crippen molar-refractivity contribution in [3.8, 4) is 5.75 Å². The van der Waals surface area contributed by atoms with E-state index in [-0.39, 0.29) is 24.3 Å². The highest BCUT2D eigenvalue weighted by Gasteiger charge is 2.40. The molecule has 4 heterocycles. The summed E-state index contributed by atoms with van der Waals surface area (Å²) in [5.74, 6) is 0.425. The van der Waals surface area contributed by atoms with Crippen molar-refractivity contribution < 1.29 is 28.7 Å². The molecule has 0 aromatic heterocycles. The van der Waals surface area contributed by atoms with Crippen molar-refractivity contribution in [1.82, 2.24) is 20.0 Å². The molecule has 0 aliphatic carbocycles. The first kappa shape index (κ1) is 28.4. The predicted molar refractivity (Wildman–Crippen MR) is 148 cm³/mol. The van der Waals surface area contributed by atoms with Crippen molar-refractivity contribution in [2.45, 2.75) is 89.9 Å². The summed E-state index contributed by atoms with van der Waals surface area (Å²) >= 11 is 0. The lowest BCUT2D eigenvalue weighted by atomic mass is 9.91. The molecule has 0 saturated carbocycles. The molecule has 5 rings (SSSR count). The molecule has 0 spiro atoms. The third-order valence-electron chi connectivity index (χ3n) is 8.60. The van der Waals surface area contributed by atoms with Crippen LogP contribution in [0.2, 0.25) is 0 Å². The number of fused-ring (bicyclic) bond motifs is 1. The Morgan fingerprint density at radius 2 is 1.73 bits per heavy atom. The Hall–Kier alpha value is -3.14. The molecule has 1 N–H and O–H groups in total. The van der Waals surface area contributed by atoms with Crippen LogP contribution < -0.4 is 10.1 Å². The van der Waals surface area contributed by atoms with Crippen LogP contribution in [-0.2, 0) is 20.9 Å². The molecular weight excluding hydrogens is 512 g/mol. The fourth-order valence-electron chi connectivity index (χ4n) is 6.37. The molecule has 0 bridgehead atoms. The summed E-state index contributed by atoms with van der Waals surface area (Å²) in [4.78, 5) is 55.3. The van der Waals surface area contributed by atoms with E-state index in [0.29, 0.717) is 42.8 Å². The van der Waals surface area contributed by atoms with Gasteiger partial charge in [-0.2, -0.15) is 0 Å². The van der Waals surface area contributed by atoms with Gasteiger partial charge in [-0.1, -0.05) is 6.07 Å². The fraction of sp³-hybridized carbons (Fsp3) is 0.667. The van der Waals surface area contributed by atoms with E-state index in [4.69, 9.17) is 9.47 Å². The summed E-state index contributed by atoms with van der Waals surface area (Å²) in [5, 5.41) is 2.35. The molecular formula is C30H42N4O6. The normalized spacial score (nSPS) is 23.3. The number of nitrogens with one attached hydrogen (secondary N) is 1. The Labute approximate surface area is 236 Å². The van der Waals surface area contributed by atoms with Gasteiger partial charge in [-0.25, -0.2) is 4.79 Å². The highest BCUT2D eigenvalue weighted by Crippen LogP contribution is 2.34. The van der Waals surface area contributed by atoms with Crippen molar-refractivity contribution >= 4 is 23.8 Å². The molecule has 4 amide bonds. The number of hydrogen-bond acceptors (Lipinski definition) is 7. The second kappa shape index (κ2) is 11.8. The monoisotopic (exact) mass is 554 g/mol. The molecule has 3 fully saturated rings. The van der Waals surface area contributed by atoms with Gasteiger partial charge in [0.2, 0.25) is 11.8 Å². The maximum Gasteiger partial charge on any atom is 0.410 e. The number of rotatable bonds is 6. The van der Waals surface area contributed by atoms with Crippen molar-refractivity contribution in [2.75, 3.05) is 32.8 Å². The van der Waals surface area contributed by atoms with Crippen molar-refractivity contribution in [2.24, 2.45) is 5.92 Å². The van der Waals surface area contributed by atoms with Gasteiger partial charge in [0.25, 0.3) is 5.91 Å². The van der Waals surface area contributed by atoms with Gasteiger partial charge in [-0.15, -0.1) is 0 Å². The number of carbonyl (C=O) groups excluding carboxylic acids is 4. The summed E-state index contributed by atoms with van der Waals surface area (Å²) in [6.45, 7) is 10.2. The van der Waals surface area contributed by atoms with Crippen LogP contribution >= 0.6 is 0 Å². The van der Waals surface area contributed by atoms with Crippen LogP contribution in [0.25, 0.3) is 0 Å². The predicted octanol–water partition coefficient (Wildman–Crippen LogP) is 3.33. The SMILES string of the molecule is CC(C)(C)OC(=O)N1CCC(N2CCC(CCOc3cccc4c3CN(C3CCC(=O)NC3=O)C4=O)CC2)CC1. The minimum Gasteiger partial charge on any atom is -0.493 e. The van der Waals surface area contributed by atoms with Crippen LogP contribution in [0.15, 0.2) is 18.2 Å². The van der Waals surface area contributed by atoms with Crippen molar-refractivity contribution in [1.29, 1.82) is 0 Å². The van der Waals surface area contributed by atoms with Crippen LogP contribution in [0.1, 0.15) is 81.6 Å². The fourth-order valence-corrected chi connectivity index (χ4v) is 6.37. The van der Waals surface area contributed by atoms with Gasteiger partial charge in [0.1, 0.15) is 17.4 Å². The minimum atomic E-state index is -0.625. The van der Waals surface area contributed by atoms with Crippen molar-refractivity contribution in [3.05, 3.63) is 29.3 Å². The number of piperidine rings is 3. The number of ether oxygens (including phenoxy) is 2. The Kier molecular flexibility index (Phi) is 8.35.